The van der Waals surface area contributed by atoms with E-state index >= 15 is 0 Å². The van der Waals surface area contributed by atoms with Gasteiger partial charge in [-0.1, -0.05) is 71.1 Å². The monoisotopic (exact) mass is 664 g/mol. The SMILES string of the molecule is CCCCCCCCCCCCCC(=O)O[C@H](COC(C)=O)COP(=O)([O-])OCC(COC(=O)OCC)OC(=O)OCC.[Na+]. The molecule has 0 aliphatic heterocycles. The Morgan fingerprint density at radius 3 is 1.57 bits per heavy atom. The van der Waals surface area contributed by atoms with Crippen LogP contribution < -0.4 is 34.5 Å². The van der Waals surface area contributed by atoms with Crippen LogP contribution in [0.5, 0.6) is 0 Å². The number of carbonyl (C=O) groups is 4. The summed E-state index contributed by atoms with van der Waals surface area (Å²) >= 11 is 0. The molecule has 0 aromatic heterocycles. The maximum Gasteiger partial charge on any atom is 1.00 e. The van der Waals surface area contributed by atoms with Crippen LogP contribution >= 0.6 is 7.82 Å². The van der Waals surface area contributed by atoms with Gasteiger partial charge >= 0.3 is 53.8 Å². The Bertz CT molecular complexity index is 828. The summed E-state index contributed by atoms with van der Waals surface area (Å²) < 4.78 is 50.9. The van der Waals surface area contributed by atoms with Crippen molar-refractivity contribution in [1.82, 2.24) is 0 Å². The maximum absolute atomic E-state index is 12.3. The van der Waals surface area contributed by atoms with E-state index in [1.165, 1.54) is 51.9 Å². The molecule has 0 spiro atoms. The molecule has 0 aromatic rings. The quantitative estimate of drug-likeness (QED) is 0.0432. The van der Waals surface area contributed by atoms with Crippen molar-refractivity contribution >= 4 is 32.1 Å². The molecule has 0 saturated carbocycles. The number of rotatable bonds is 26. The molecule has 3 atom stereocenters. The molecule has 0 rings (SSSR count). The molecule has 0 heterocycles. The number of carbonyl (C=O) groups excluding carboxylic acids is 4. The minimum absolute atomic E-state index is 0. The van der Waals surface area contributed by atoms with Gasteiger partial charge < -0.3 is 42.4 Å². The van der Waals surface area contributed by atoms with E-state index in [0.29, 0.717) is 6.42 Å². The van der Waals surface area contributed by atoms with Crippen molar-refractivity contribution in [2.45, 2.75) is 117 Å². The average Bonchev–Trinajstić information content (AvgIpc) is 2.95. The van der Waals surface area contributed by atoms with Crippen LogP contribution in [0.15, 0.2) is 0 Å². The van der Waals surface area contributed by atoms with Gasteiger partial charge in [-0.15, -0.1) is 0 Å². The van der Waals surface area contributed by atoms with Crippen molar-refractivity contribution in [2.75, 3.05) is 39.6 Å². The molecule has 0 fully saturated rings. The molecular weight excluding hydrogens is 614 g/mol. The molecule has 0 aliphatic rings. The van der Waals surface area contributed by atoms with Crippen molar-refractivity contribution in [1.29, 1.82) is 0 Å². The van der Waals surface area contributed by atoms with E-state index in [9.17, 15) is 28.6 Å². The molecule has 0 saturated heterocycles. The van der Waals surface area contributed by atoms with Crippen LogP contribution in [0.4, 0.5) is 9.59 Å². The summed E-state index contributed by atoms with van der Waals surface area (Å²) in [5, 5.41) is 0. The van der Waals surface area contributed by atoms with Crippen molar-refractivity contribution in [2.24, 2.45) is 0 Å². The third-order valence-corrected chi connectivity index (χ3v) is 6.70. The Morgan fingerprint density at radius 2 is 1.07 bits per heavy atom. The molecule has 0 N–H and O–H groups in total. The summed E-state index contributed by atoms with van der Waals surface area (Å²) in [5.41, 5.74) is 0. The Hall–Kier alpha value is -1.41. The van der Waals surface area contributed by atoms with Gasteiger partial charge in [0, 0.05) is 13.3 Å². The van der Waals surface area contributed by atoms with Gasteiger partial charge in [0.1, 0.15) is 13.2 Å². The molecule has 44 heavy (non-hydrogen) atoms. The summed E-state index contributed by atoms with van der Waals surface area (Å²) in [4.78, 5) is 59.0. The number of esters is 2. The smallest absolute Gasteiger partial charge is 0.756 e. The summed E-state index contributed by atoms with van der Waals surface area (Å²) in [5.74, 6) is -1.24. The van der Waals surface area contributed by atoms with E-state index in [1.807, 2.05) is 0 Å². The first kappa shape index (κ1) is 44.7. The van der Waals surface area contributed by atoms with Crippen LogP contribution in [0.1, 0.15) is 105 Å². The predicted octanol–water partition coefficient (Wildman–Crippen LogP) is 2.38. The van der Waals surface area contributed by atoms with Crippen molar-refractivity contribution in [3.8, 4) is 0 Å². The van der Waals surface area contributed by atoms with Gasteiger partial charge in [0.25, 0.3) is 7.82 Å². The van der Waals surface area contributed by atoms with Crippen molar-refractivity contribution < 1.29 is 95.7 Å². The maximum atomic E-state index is 12.3. The van der Waals surface area contributed by atoms with E-state index in [0.717, 1.165) is 26.2 Å². The Morgan fingerprint density at radius 1 is 0.614 bits per heavy atom. The number of hydrogen-bond donors (Lipinski definition) is 0. The molecule has 16 heteroatoms. The van der Waals surface area contributed by atoms with Gasteiger partial charge in [-0.2, -0.15) is 0 Å². The van der Waals surface area contributed by atoms with E-state index in [-0.39, 0.29) is 49.2 Å². The van der Waals surface area contributed by atoms with Gasteiger partial charge in [0.2, 0.25) is 0 Å². The van der Waals surface area contributed by atoms with Crippen LogP contribution in [-0.2, 0) is 51.6 Å². The number of phosphoric ester groups is 1. The molecule has 0 radical (unpaired) electrons. The molecule has 0 aliphatic carbocycles. The van der Waals surface area contributed by atoms with Crippen LogP contribution in [0.25, 0.3) is 0 Å². The second kappa shape index (κ2) is 29.0. The summed E-state index contributed by atoms with van der Waals surface area (Å²) in [7, 11) is -5.04. The number of ether oxygens (including phenoxy) is 6. The summed E-state index contributed by atoms with van der Waals surface area (Å²) in [6.45, 7) is 3.93. The fraction of sp³-hybridized carbons (Fsp3) is 0.857. The number of unbranched alkanes of at least 4 members (excludes halogenated alkanes) is 10. The largest absolute Gasteiger partial charge is 1.00 e. The average molecular weight is 665 g/mol. The van der Waals surface area contributed by atoms with Crippen molar-refractivity contribution in [3.63, 3.8) is 0 Å². The summed E-state index contributed by atoms with van der Waals surface area (Å²) in [6.07, 6.45) is 7.63. The second-order valence-electron chi connectivity index (χ2n) is 9.66. The van der Waals surface area contributed by atoms with Gasteiger partial charge in [0.05, 0.1) is 26.4 Å². The third kappa shape index (κ3) is 28.1. The normalized spacial score (nSPS) is 13.4. The van der Waals surface area contributed by atoms with Crippen LogP contribution in [-0.4, -0.2) is 76.1 Å². The Balaban J connectivity index is 0. The van der Waals surface area contributed by atoms with Gasteiger partial charge in [-0.3, -0.25) is 14.2 Å². The minimum atomic E-state index is -5.04. The fourth-order valence-corrected chi connectivity index (χ4v) is 4.39. The van der Waals surface area contributed by atoms with E-state index in [1.54, 1.807) is 6.92 Å². The molecule has 252 valence electrons. The molecule has 0 bridgehead atoms. The zero-order valence-electron chi connectivity index (χ0n) is 27.0. The predicted molar refractivity (Wildman–Crippen MR) is 152 cm³/mol. The second-order valence-corrected chi connectivity index (χ2v) is 11.1. The van der Waals surface area contributed by atoms with E-state index in [4.69, 9.17) is 28.0 Å². The van der Waals surface area contributed by atoms with E-state index in [2.05, 4.69) is 16.4 Å². The third-order valence-electron chi connectivity index (χ3n) is 5.77. The van der Waals surface area contributed by atoms with Gasteiger partial charge in [-0.25, -0.2) is 9.59 Å². The first-order chi connectivity index (χ1) is 20.5. The molecule has 0 aromatic carbocycles. The van der Waals surface area contributed by atoms with Gasteiger partial charge in [-0.05, 0) is 20.3 Å². The zero-order valence-corrected chi connectivity index (χ0v) is 29.9. The fourth-order valence-electron chi connectivity index (χ4n) is 3.62. The van der Waals surface area contributed by atoms with Crippen molar-refractivity contribution in [3.05, 3.63) is 0 Å². The van der Waals surface area contributed by atoms with Crippen LogP contribution in [0.3, 0.4) is 0 Å². The number of phosphoric acid groups is 1. The molecule has 0 amide bonds. The summed E-state index contributed by atoms with van der Waals surface area (Å²) in [6, 6.07) is 0. The molecule has 2 unspecified atom stereocenters. The molecular formula is C28H50NaO14P. The zero-order chi connectivity index (χ0) is 32.3. The first-order valence-corrected chi connectivity index (χ1v) is 16.5. The van der Waals surface area contributed by atoms with Crippen LogP contribution in [0.2, 0.25) is 0 Å². The van der Waals surface area contributed by atoms with Gasteiger partial charge in [0.15, 0.2) is 12.2 Å². The van der Waals surface area contributed by atoms with E-state index < -0.39 is 70.7 Å². The topological polar surface area (TPSA) is 182 Å². The number of hydrogen-bond acceptors (Lipinski definition) is 14. The minimum Gasteiger partial charge on any atom is -0.756 e. The Kier molecular flexibility index (Phi) is 29.5. The Labute approximate surface area is 283 Å². The van der Waals surface area contributed by atoms with Crippen LogP contribution in [0, 0.1) is 0 Å². The standard InChI is InChI=1S/C28H51O14P.Na/c1-5-8-9-10-11-12-13-14-15-16-17-18-26(30)41-24(19-37-23(4)29)21-39-43(33,34)40-22-25(42-28(32)36-7-3)20-38-27(31)35-6-2;/h24-25H,5-22H2,1-4H3,(H,33,34);/q;+1/p-1/t24-,25?;/m1./s1. The first-order valence-electron chi connectivity index (χ1n) is 15.1. The molecule has 14 nitrogen and oxygen atoms in total.